The zero-order chi connectivity index (χ0) is 15.9. The van der Waals surface area contributed by atoms with Crippen molar-refractivity contribution in [1.29, 1.82) is 0 Å². The van der Waals surface area contributed by atoms with Crippen molar-refractivity contribution in [3.63, 3.8) is 0 Å². The van der Waals surface area contributed by atoms with Gasteiger partial charge in [-0.1, -0.05) is 11.6 Å². The molecule has 2 amide bonds. The molecule has 1 aromatic carbocycles. The highest BCUT2D eigenvalue weighted by molar-refractivity contribution is 6.30. The molecule has 1 heterocycles. The fourth-order valence-corrected chi connectivity index (χ4v) is 1.97. The quantitative estimate of drug-likeness (QED) is 0.919. The summed E-state index contributed by atoms with van der Waals surface area (Å²) in [5, 5.41) is 3.16. The van der Waals surface area contributed by atoms with Crippen LogP contribution in [0.4, 0.5) is 0 Å². The number of halogens is 1. The zero-order valence-electron chi connectivity index (χ0n) is 12.1. The summed E-state index contributed by atoms with van der Waals surface area (Å²) < 4.78 is 0. The van der Waals surface area contributed by atoms with Crippen LogP contribution in [0.2, 0.25) is 5.02 Å². The highest BCUT2D eigenvalue weighted by Crippen LogP contribution is 2.09. The summed E-state index contributed by atoms with van der Waals surface area (Å²) in [7, 11) is 1.69. The lowest BCUT2D eigenvalue weighted by molar-refractivity contribution is -0.129. The van der Waals surface area contributed by atoms with E-state index in [0.717, 1.165) is 5.56 Å². The van der Waals surface area contributed by atoms with Crippen LogP contribution in [0.1, 0.15) is 15.9 Å². The standard InChI is InChI=1S/C16H16ClN3O2/c1-20(11-12-6-8-18-9-7-12)15(21)10-19-16(22)13-2-4-14(17)5-3-13/h2-9H,10-11H2,1H3,(H,19,22). The van der Waals surface area contributed by atoms with Gasteiger partial charge in [-0.3, -0.25) is 14.6 Å². The Morgan fingerprint density at radius 3 is 2.41 bits per heavy atom. The van der Waals surface area contributed by atoms with Crippen molar-refractivity contribution < 1.29 is 9.59 Å². The first kappa shape index (κ1) is 16.0. The molecule has 22 heavy (non-hydrogen) atoms. The normalized spacial score (nSPS) is 10.1. The van der Waals surface area contributed by atoms with Crippen LogP contribution in [0.15, 0.2) is 48.8 Å². The Labute approximate surface area is 133 Å². The van der Waals surface area contributed by atoms with Crippen LogP contribution >= 0.6 is 11.6 Å². The molecule has 0 spiro atoms. The van der Waals surface area contributed by atoms with Crippen LogP contribution < -0.4 is 5.32 Å². The first-order chi connectivity index (χ1) is 10.6. The van der Waals surface area contributed by atoms with Crippen molar-refractivity contribution in [3.8, 4) is 0 Å². The van der Waals surface area contributed by atoms with Gasteiger partial charge in [0.2, 0.25) is 5.91 Å². The Morgan fingerprint density at radius 2 is 1.77 bits per heavy atom. The van der Waals surface area contributed by atoms with Gasteiger partial charge in [0.25, 0.3) is 5.91 Å². The maximum atomic E-state index is 12.0. The van der Waals surface area contributed by atoms with Crippen molar-refractivity contribution in [2.24, 2.45) is 0 Å². The van der Waals surface area contributed by atoms with Crippen molar-refractivity contribution in [2.75, 3.05) is 13.6 Å². The molecule has 0 saturated heterocycles. The Hall–Kier alpha value is -2.40. The summed E-state index contributed by atoms with van der Waals surface area (Å²) in [5.74, 6) is -0.471. The minimum Gasteiger partial charge on any atom is -0.343 e. The van der Waals surface area contributed by atoms with Gasteiger partial charge in [0, 0.05) is 36.6 Å². The van der Waals surface area contributed by atoms with Gasteiger partial charge in [-0.05, 0) is 42.0 Å². The number of benzene rings is 1. The molecule has 2 aromatic rings. The van der Waals surface area contributed by atoms with Crippen LogP contribution in [0, 0.1) is 0 Å². The number of nitrogens with zero attached hydrogens (tertiary/aromatic N) is 2. The van der Waals surface area contributed by atoms with E-state index >= 15 is 0 Å². The Kier molecular flexibility index (Phi) is 5.49. The predicted molar refractivity (Wildman–Crippen MR) is 84.5 cm³/mol. The lowest BCUT2D eigenvalue weighted by Gasteiger charge is -2.17. The van der Waals surface area contributed by atoms with E-state index in [1.807, 2.05) is 12.1 Å². The number of hydrogen-bond donors (Lipinski definition) is 1. The average molecular weight is 318 g/mol. The molecule has 0 fully saturated rings. The van der Waals surface area contributed by atoms with Crippen LogP contribution in [0.3, 0.4) is 0 Å². The van der Waals surface area contributed by atoms with E-state index in [1.165, 1.54) is 0 Å². The average Bonchev–Trinajstić information content (AvgIpc) is 2.53. The van der Waals surface area contributed by atoms with Crippen LogP contribution in [-0.2, 0) is 11.3 Å². The lowest BCUT2D eigenvalue weighted by atomic mass is 10.2. The van der Waals surface area contributed by atoms with E-state index in [0.29, 0.717) is 17.1 Å². The van der Waals surface area contributed by atoms with E-state index in [1.54, 1.807) is 48.6 Å². The van der Waals surface area contributed by atoms with Crippen molar-refractivity contribution >= 4 is 23.4 Å². The summed E-state index contributed by atoms with van der Waals surface area (Å²) in [4.78, 5) is 29.4. The summed E-state index contributed by atoms with van der Waals surface area (Å²) in [5.41, 5.74) is 1.45. The molecule has 0 radical (unpaired) electrons. The highest BCUT2D eigenvalue weighted by Gasteiger charge is 2.12. The van der Waals surface area contributed by atoms with E-state index in [-0.39, 0.29) is 18.4 Å². The lowest BCUT2D eigenvalue weighted by Crippen LogP contribution is -2.37. The molecule has 0 unspecified atom stereocenters. The van der Waals surface area contributed by atoms with E-state index in [4.69, 9.17) is 11.6 Å². The predicted octanol–water partition coefficient (Wildman–Crippen LogP) is 2.12. The minimum atomic E-state index is -0.303. The molecule has 6 heteroatoms. The fraction of sp³-hybridized carbons (Fsp3) is 0.188. The third kappa shape index (κ3) is 4.56. The van der Waals surface area contributed by atoms with Gasteiger partial charge in [0.1, 0.15) is 0 Å². The van der Waals surface area contributed by atoms with Gasteiger partial charge in [0.15, 0.2) is 0 Å². The van der Waals surface area contributed by atoms with Crippen LogP contribution in [0.25, 0.3) is 0 Å². The summed E-state index contributed by atoms with van der Waals surface area (Å²) >= 11 is 5.77. The van der Waals surface area contributed by atoms with Crippen LogP contribution in [0.5, 0.6) is 0 Å². The van der Waals surface area contributed by atoms with E-state index < -0.39 is 0 Å². The number of rotatable bonds is 5. The topological polar surface area (TPSA) is 62.3 Å². The highest BCUT2D eigenvalue weighted by atomic mass is 35.5. The third-order valence-electron chi connectivity index (χ3n) is 3.10. The second-order valence-corrected chi connectivity index (χ2v) is 5.23. The summed E-state index contributed by atoms with van der Waals surface area (Å²) in [6.07, 6.45) is 3.35. The van der Waals surface area contributed by atoms with Crippen molar-refractivity contribution in [3.05, 3.63) is 64.9 Å². The zero-order valence-corrected chi connectivity index (χ0v) is 12.9. The molecule has 5 nitrogen and oxygen atoms in total. The third-order valence-corrected chi connectivity index (χ3v) is 3.35. The Balaban J connectivity index is 1.84. The second kappa shape index (κ2) is 7.56. The number of nitrogens with one attached hydrogen (secondary N) is 1. The van der Waals surface area contributed by atoms with Crippen molar-refractivity contribution in [2.45, 2.75) is 6.54 Å². The molecule has 0 aliphatic carbocycles. The summed E-state index contributed by atoms with van der Waals surface area (Å²) in [6.45, 7) is 0.418. The van der Waals surface area contributed by atoms with Gasteiger partial charge in [0.05, 0.1) is 6.54 Å². The fourth-order valence-electron chi connectivity index (χ4n) is 1.84. The number of carbonyl (C=O) groups is 2. The maximum Gasteiger partial charge on any atom is 0.251 e. The first-order valence-corrected chi connectivity index (χ1v) is 7.10. The molecule has 2 rings (SSSR count). The molecular formula is C16H16ClN3O2. The molecule has 0 atom stereocenters. The number of likely N-dealkylation sites (N-methyl/N-ethyl adjacent to an activating group) is 1. The second-order valence-electron chi connectivity index (χ2n) is 4.79. The number of pyridine rings is 1. The molecule has 0 saturated carbocycles. The Bertz CT molecular complexity index is 644. The molecule has 0 bridgehead atoms. The number of carbonyl (C=O) groups excluding carboxylic acids is 2. The van der Waals surface area contributed by atoms with E-state index in [2.05, 4.69) is 10.3 Å². The first-order valence-electron chi connectivity index (χ1n) is 6.73. The van der Waals surface area contributed by atoms with Gasteiger partial charge < -0.3 is 10.2 Å². The molecule has 1 aromatic heterocycles. The van der Waals surface area contributed by atoms with Gasteiger partial charge in [-0.25, -0.2) is 0 Å². The largest absolute Gasteiger partial charge is 0.343 e. The van der Waals surface area contributed by atoms with Gasteiger partial charge in [-0.15, -0.1) is 0 Å². The van der Waals surface area contributed by atoms with Gasteiger partial charge >= 0.3 is 0 Å². The Morgan fingerprint density at radius 1 is 1.14 bits per heavy atom. The SMILES string of the molecule is CN(Cc1ccncc1)C(=O)CNC(=O)c1ccc(Cl)cc1. The molecular weight excluding hydrogens is 302 g/mol. The van der Waals surface area contributed by atoms with E-state index in [9.17, 15) is 9.59 Å². The van der Waals surface area contributed by atoms with Crippen molar-refractivity contribution in [1.82, 2.24) is 15.2 Å². The summed E-state index contributed by atoms with van der Waals surface area (Å²) in [6, 6.07) is 10.2. The molecule has 114 valence electrons. The molecule has 0 aliphatic heterocycles. The monoisotopic (exact) mass is 317 g/mol. The van der Waals surface area contributed by atoms with Crippen LogP contribution in [-0.4, -0.2) is 35.3 Å². The minimum absolute atomic E-state index is 0.0525. The molecule has 0 aliphatic rings. The maximum absolute atomic E-state index is 12.0. The number of hydrogen-bond acceptors (Lipinski definition) is 3. The van der Waals surface area contributed by atoms with Gasteiger partial charge in [-0.2, -0.15) is 0 Å². The smallest absolute Gasteiger partial charge is 0.251 e. The molecule has 1 N–H and O–H groups in total. The number of amides is 2. The number of aromatic nitrogens is 1.